The Morgan fingerprint density at radius 3 is 2.53 bits per heavy atom. The lowest BCUT2D eigenvalue weighted by Gasteiger charge is -2.47. The van der Waals surface area contributed by atoms with E-state index in [9.17, 15) is 27.9 Å². The number of rotatable bonds is 8. The third-order valence-corrected chi connectivity index (χ3v) is 15.6. The lowest BCUT2D eigenvalue weighted by molar-refractivity contribution is -0.156. The zero-order chi connectivity index (χ0) is 42.9. The summed E-state index contributed by atoms with van der Waals surface area (Å²) in [6, 6.07) is 2.60. The van der Waals surface area contributed by atoms with E-state index in [1.54, 1.807) is 26.1 Å². The SMILES string of the molecule is C[C@@H]1CC/C=C\[C@@H]2C[C@@]2(C(=O)NS(=O)(=O)C2(C)CC2)NC(=O)[C@@H]2C[C@@H](Oc3nccc4c5c(ccc34)CCCO5)CN2C(=O)[C@@H](N(C(=O)O)C(C)(C)C(C)(F)F)[C@H](C)C1. The summed E-state index contributed by atoms with van der Waals surface area (Å²) in [5.41, 5.74) is -2.98. The Morgan fingerprint density at radius 2 is 1.85 bits per heavy atom. The van der Waals surface area contributed by atoms with Crippen molar-refractivity contribution in [1.82, 2.24) is 24.8 Å². The van der Waals surface area contributed by atoms with E-state index in [1.165, 1.54) is 4.90 Å². The topological polar surface area (TPSA) is 185 Å². The Labute approximate surface area is 343 Å². The van der Waals surface area contributed by atoms with Crippen LogP contribution in [-0.4, -0.2) is 105 Å². The molecule has 17 heteroatoms. The molecule has 3 fully saturated rings. The Kier molecular flexibility index (Phi) is 11.0. The van der Waals surface area contributed by atoms with Crippen molar-refractivity contribution in [3.63, 3.8) is 0 Å². The van der Waals surface area contributed by atoms with Crippen molar-refractivity contribution >= 4 is 44.6 Å². The number of carbonyl (C=O) groups excluding carboxylic acids is 3. The van der Waals surface area contributed by atoms with E-state index in [4.69, 9.17) is 9.47 Å². The lowest BCUT2D eigenvalue weighted by Crippen LogP contribution is -2.66. The second-order valence-corrected chi connectivity index (χ2v) is 20.4. The fourth-order valence-corrected chi connectivity index (χ4v) is 10.3. The first-order valence-electron chi connectivity index (χ1n) is 20.6. The van der Waals surface area contributed by atoms with Gasteiger partial charge < -0.3 is 24.8 Å². The number of amides is 4. The van der Waals surface area contributed by atoms with Gasteiger partial charge in [0.2, 0.25) is 27.7 Å². The van der Waals surface area contributed by atoms with Crippen molar-refractivity contribution < 1.29 is 51.0 Å². The highest BCUT2D eigenvalue weighted by Gasteiger charge is 2.63. The van der Waals surface area contributed by atoms with Crippen LogP contribution in [0.4, 0.5) is 13.6 Å². The Hall–Kier alpha value is -4.54. The first-order valence-corrected chi connectivity index (χ1v) is 22.0. The highest BCUT2D eigenvalue weighted by molar-refractivity contribution is 7.91. The third kappa shape index (κ3) is 7.83. The number of hydrogen-bond acceptors (Lipinski definition) is 9. The molecule has 0 bridgehead atoms. The number of carbonyl (C=O) groups is 4. The molecule has 0 radical (unpaired) electrons. The number of halogens is 2. The second kappa shape index (κ2) is 15.2. The number of nitrogens with zero attached hydrogens (tertiary/aromatic N) is 3. The number of benzene rings is 1. The van der Waals surface area contributed by atoms with Gasteiger partial charge in [-0.1, -0.05) is 32.1 Å². The molecule has 3 aliphatic heterocycles. The first-order chi connectivity index (χ1) is 27.6. The van der Waals surface area contributed by atoms with E-state index in [2.05, 4.69) is 15.0 Å². The van der Waals surface area contributed by atoms with Gasteiger partial charge >= 0.3 is 6.09 Å². The number of nitrogens with one attached hydrogen (secondary N) is 2. The minimum atomic E-state index is -4.09. The average Bonchev–Trinajstić information content (AvgIpc) is 4.04. The summed E-state index contributed by atoms with van der Waals surface area (Å²) >= 11 is 0. The highest BCUT2D eigenvalue weighted by Crippen LogP contribution is 2.48. The number of alkyl halides is 2. The molecule has 1 saturated heterocycles. The van der Waals surface area contributed by atoms with Gasteiger partial charge in [-0.3, -0.25) is 24.0 Å². The minimum absolute atomic E-state index is 0.0926. The molecule has 2 aromatic rings. The van der Waals surface area contributed by atoms with Gasteiger partial charge in [0.05, 0.1) is 17.9 Å². The molecule has 59 heavy (non-hydrogen) atoms. The average molecular weight is 844 g/mol. The molecule has 322 valence electrons. The summed E-state index contributed by atoms with van der Waals surface area (Å²) in [5, 5.41) is 14.9. The normalized spacial score (nSPS) is 30.3. The van der Waals surface area contributed by atoms with Crippen LogP contribution in [0.15, 0.2) is 36.5 Å². The molecule has 0 unspecified atom stereocenters. The number of aryl methyl sites for hydroxylation is 1. The molecule has 0 spiro atoms. The Morgan fingerprint density at radius 1 is 1.12 bits per heavy atom. The Bertz CT molecular complexity index is 2170. The minimum Gasteiger partial charge on any atom is -0.493 e. The largest absolute Gasteiger partial charge is 0.493 e. The molecule has 14 nitrogen and oxygen atoms in total. The number of hydrogen-bond donors (Lipinski definition) is 3. The van der Waals surface area contributed by atoms with Gasteiger partial charge in [0.25, 0.3) is 11.8 Å². The van der Waals surface area contributed by atoms with Crippen LogP contribution in [0.3, 0.4) is 0 Å². The van der Waals surface area contributed by atoms with Crippen molar-refractivity contribution in [2.45, 2.75) is 139 Å². The van der Waals surface area contributed by atoms with Crippen molar-refractivity contribution in [3.8, 4) is 11.6 Å². The van der Waals surface area contributed by atoms with E-state index in [1.807, 2.05) is 31.2 Å². The van der Waals surface area contributed by atoms with Crippen LogP contribution in [0, 0.1) is 17.8 Å². The maximum Gasteiger partial charge on any atom is 0.408 e. The van der Waals surface area contributed by atoms with Crippen molar-refractivity contribution in [2.24, 2.45) is 17.8 Å². The molecule has 4 amide bonds. The van der Waals surface area contributed by atoms with E-state index in [-0.39, 0.29) is 31.2 Å². The van der Waals surface area contributed by atoms with E-state index < -0.39 is 85.6 Å². The van der Waals surface area contributed by atoms with E-state index in [0.717, 1.165) is 43.4 Å². The number of aromatic nitrogens is 1. The first kappa shape index (κ1) is 42.6. The summed E-state index contributed by atoms with van der Waals surface area (Å²) in [4.78, 5) is 63.1. The van der Waals surface area contributed by atoms with E-state index in [0.29, 0.717) is 55.9 Å². The van der Waals surface area contributed by atoms with Crippen LogP contribution < -0.4 is 19.5 Å². The fraction of sp³-hybridized carbons (Fsp3) is 0.643. The monoisotopic (exact) mass is 843 g/mol. The Balaban J connectivity index is 1.29. The molecule has 1 aromatic heterocycles. The fourth-order valence-electron chi connectivity index (χ4n) is 8.96. The summed E-state index contributed by atoms with van der Waals surface area (Å²) in [5.74, 6) is -6.64. The molecule has 3 N–H and O–H groups in total. The maximum absolute atomic E-state index is 15.4. The van der Waals surface area contributed by atoms with Crippen LogP contribution in [-0.2, 0) is 30.8 Å². The molecular formula is C42H55F2N5O9S. The van der Waals surface area contributed by atoms with Gasteiger partial charge in [-0.05, 0) is 102 Å². The highest BCUT2D eigenvalue weighted by atomic mass is 32.2. The van der Waals surface area contributed by atoms with Crippen LogP contribution in [0.5, 0.6) is 11.6 Å². The lowest BCUT2D eigenvalue weighted by atomic mass is 9.84. The molecular weight excluding hydrogens is 789 g/mol. The van der Waals surface area contributed by atoms with E-state index >= 15 is 13.6 Å². The van der Waals surface area contributed by atoms with Crippen molar-refractivity contribution in [3.05, 3.63) is 42.1 Å². The van der Waals surface area contributed by atoms with Gasteiger partial charge in [-0.15, -0.1) is 0 Å². The molecule has 7 rings (SSSR count). The molecule has 2 aliphatic carbocycles. The third-order valence-electron chi connectivity index (χ3n) is 13.4. The number of ether oxygens (including phenoxy) is 2. The van der Waals surface area contributed by atoms with Crippen LogP contribution >= 0.6 is 0 Å². The molecule has 5 aliphatic rings. The maximum atomic E-state index is 15.4. The standard InChI is InChI=1S/C42H55F2N5O9S/c1-24-10-7-8-12-27-22-42(27,37(52)47-59(55,56)40(5)16-17-40)46-34(50)31-21-28(58-35-30-14-13-26-11-9-19-57-33(26)29(30)15-18-45-35)23-48(31)36(51)32(25(2)20-24)49(38(53)54)39(3,4)41(6,43)44/h8,12-15,18,24-25,27-28,31-32H,7,9-11,16-17,19-23H2,1-6H3,(H,46,50)(H,47,52)(H,53,54)/b12-8-/t24-,25-,27-,28-,31+,32+,42-/m1/s1. The number of pyridine rings is 1. The van der Waals surface area contributed by atoms with Gasteiger partial charge in [-0.25, -0.2) is 27.0 Å². The number of sulfonamides is 1. The van der Waals surface area contributed by atoms with Gasteiger partial charge in [0, 0.05) is 36.2 Å². The van der Waals surface area contributed by atoms with Gasteiger partial charge in [0.15, 0.2) is 0 Å². The van der Waals surface area contributed by atoms with Crippen LogP contribution in [0.1, 0.15) is 98.5 Å². The van der Waals surface area contributed by atoms with Gasteiger partial charge in [-0.2, -0.15) is 0 Å². The molecule has 4 heterocycles. The molecule has 1 aromatic carbocycles. The summed E-state index contributed by atoms with van der Waals surface area (Å²) < 4.78 is 70.9. The smallest absolute Gasteiger partial charge is 0.408 e. The van der Waals surface area contributed by atoms with Crippen molar-refractivity contribution in [1.29, 1.82) is 0 Å². The number of carboxylic acid groups (broad SMARTS) is 1. The molecule has 2 saturated carbocycles. The van der Waals surface area contributed by atoms with Gasteiger partial charge in [0.1, 0.15) is 35.0 Å². The second-order valence-electron chi connectivity index (χ2n) is 18.2. The van der Waals surface area contributed by atoms with Crippen LogP contribution in [0.2, 0.25) is 0 Å². The zero-order valence-electron chi connectivity index (χ0n) is 34.4. The predicted octanol–water partition coefficient (Wildman–Crippen LogP) is 5.58. The quantitative estimate of drug-likeness (QED) is 0.284. The molecule has 7 atom stereocenters. The number of fused-ring (bicyclic) bond motifs is 5. The summed E-state index contributed by atoms with van der Waals surface area (Å²) in [6.45, 7) is 8.19. The zero-order valence-corrected chi connectivity index (χ0v) is 35.2. The summed E-state index contributed by atoms with van der Waals surface area (Å²) in [7, 11) is -4.09. The van der Waals surface area contributed by atoms with Crippen LogP contribution in [0.25, 0.3) is 10.8 Å². The predicted molar refractivity (Wildman–Crippen MR) is 213 cm³/mol. The summed E-state index contributed by atoms with van der Waals surface area (Å²) in [6.07, 6.45) is 6.45. The van der Waals surface area contributed by atoms with Crippen molar-refractivity contribution in [2.75, 3.05) is 13.2 Å². The number of allylic oxidation sites excluding steroid dienone is 1.